The van der Waals surface area contributed by atoms with Gasteiger partial charge < -0.3 is 4.90 Å². The van der Waals surface area contributed by atoms with Crippen LogP contribution in [0.2, 0.25) is 0 Å². The minimum atomic E-state index is -3.21. The molecule has 0 atom stereocenters. The molecule has 7 nitrogen and oxygen atoms in total. The van der Waals surface area contributed by atoms with Crippen molar-refractivity contribution in [3.05, 3.63) is 65.0 Å². The Morgan fingerprint density at radius 1 is 1.11 bits per heavy atom. The fourth-order valence-corrected chi connectivity index (χ4v) is 6.67. The van der Waals surface area contributed by atoms with Crippen molar-refractivity contribution in [2.24, 2.45) is 0 Å². The van der Waals surface area contributed by atoms with Crippen LogP contribution < -0.4 is 4.90 Å². The maximum absolute atomic E-state index is 13.4. The van der Waals surface area contributed by atoms with Gasteiger partial charge in [-0.05, 0) is 61.1 Å². The van der Waals surface area contributed by atoms with Gasteiger partial charge in [-0.2, -0.15) is 0 Å². The second-order valence-electron chi connectivity index (χ2n) is 9.61. The molecular weight excluding hydrogens is 518 g/mol. The predicted octanol–water partition coefficient (Wildman–Crippen LogP) is 3.55. The molecule has 0 N–H and O–H groups in total. The molecule has 3 aromatic heterocycles. The fraction of sp³-hybridized carbons (Fsp3) is 0.360. The Labute approximate surface area is 230 Å². The Kier molecular flexibility index (Phi) is 7.21. The molecule has 0 unspecified atom stereocenters. The number of piperidine rings is 1. The monoisotopic (exact) mass is 543 g/mol. The quantitative estimate of drug-likeness (QED) is 0.334. The van der Waals surface area contributed by atoms with E-state index in [1.807, 2.05) is 35.0 Å². The van der Waals surface area contributed by atoms with Crippen molar-refractivity contribution < 1.29 is 12.8 Å². The molecule has 1 fully saturated rings. The van der Waals surface area contributed by atoms with Gasteiger partial charge in [0.2, 0.25) is 10.0 Å². The molecule has 1 aliphatic heterocycles. The van der Waals surface area contributed by atoms with E-state index in [1.165, 1.54) is 34.0 Å². The molecule has 0 amide bonds. The number of sulfonamides is 1. The Balaban J connectivity index is 1.56. The maximum atomic E-state index is 13.4. The number of pyridine rings is 1. The Hall–Kier alpha value is -2.63. The summed E-state index contributed by atoms with van der Waals surface area (Å²) in [5, 5.41) is 0.520. The summed E-state index contributed by atoms with van der Waals surface area (Å²) >= 11 is 1.32. The van der Waals surface area contributed by atoms with Crippen LogP contribution in [0.4, 0.5) is 15.3 Å². The minimum absolute atomic E-state index is 0.189. The molecular formula is C25H25B3FN5O2S2. The molecule has 4 heterocycles. The van der Waals surface area contributed by atoms with Crippen LogP contribution >= 0.6 is 11.3 Å². The summed E-state index contributed by atoms with van der Waals surface area (Å²) in [5.74, 6) is 0.478. The lowest BCUT2D eigenvalue weighted by Gasteiger charge is -2.37. The van der Waals surface area contributed by atoms with Gasteiger partial charge in [-0.15, -0.1) is 11.3 Å². The third kappa shape index (κ3) is 5.28. The van der Waals surface area contributed by atoms with E-state index in [-0.39, 0.29) is 11.7 Å². The molecule has 4 aromatic rings. The summed E-state index contributed by atoms with van der Waals surface area (Å²) in [6.45, 7) is 2.95. The highest BCUT2D eigenvalue weighted by Crippen LogP contribution is 2.38. The Bertz CT molecular complexity index is 1560. The summed E-state index contributed by atoms with van der Waals surface area (Å²) < 4.78 is 40.8. The number of thiazole rings is 1. The van der Waals surface area contributed by atoms with E-state index in [0.29, 0.717) is 41.8 Å². The summed E-state index contributed by atoms with van der Waals surface area (Å²) in [7, 11) is 15.7. The molecule has 38 heavy (non-hydrogen) atoms. The van der Waals surface area contributed by atoms with E-state index in [0.717, 1.165) is 29.7 Å². The Morgan fingerprint density at radius 2 is 1.79 bits per heavy atom. The molecule has 1 saturated heterocycles. The molecule has 0 spiro atoms. The third-order valence-electron chi connectivity index (χ3n) is 6.84. The van der Waals surface area contributed by atoms with Crippen LogP contribution in [0.25, 0.3) is 16.9 Å². The van der Waals surface area contributed by atoms with Gasteiger partial charge in [0, 0.05) is 30.2 Å². The van der Waals surface area contributed by atoms with Crippen LogP contribution in [0.5, 0.6) is 0 Å². The smallest absolute Gasteiger partial charge is 0.211 e. The lowest BCUT2D eigenvalue weighted by molar-refractivity contribution is 0.321. The van der Waals surface area contributed by atoms with Crippen molar-refractivity contribution >= 4 is 61.5 Å². The molecule has 0 aliphatic carbocycles. The van der Waals surface area contributed by atoms with Crippen LogP contribution in [0.1, 0.15) is 36.9 Å². The normalized spacial score (nSPS) is 15.8. The van der Waals surface area contributed by atoms with Gasteiger partial charge in [-0.1, -0.05) is 18.2 Å². The average molecular weight is 543 g/mol. The summed E-state index contributed by atoms with van der Waals surface area (Å²) in [6, 6.07) is 10.1. The highest BCUT2D eigenvalue weighted by atomic mass is 32.2. The SMILES string of the molecule is [B]C([B])([B])N(c1nc(-c2ccc(F)cc2)cs1)c1c(CC)nc2ccc(C3CCN(S(C)(=O)=O)CC3)cn12. The summed E-state index contributed by atoms with van der Waals surface area (Å²) in [6.07, 6.45) is 5.29. The van der Waals surface area contributed by atoms with Gasteiger partial charge in [0.05, 0.1) is 41.2 Å². The van der Waals surface area contributed by atoms with Crippen molar-refractivity contribution in [1.82, 2.24) is 18.7 Å². The predicted molar refractivity (Wildman–Crippen MR) is 153 cm³/mol. The molecule has 0 bridgehead atoms. The number of anilines is 2. The zero-order valence-corrected chi connectivity index (χ0v) is 22.8. The number of nitrogens with zero attached hydrogens (tertiary/aromatic N) is 5. The number of halogens is 1. The molecule has 0 saturated carbocycles. The lowest BCUT2D eigenvalue weighted by Crippen LogP contribution is -2.49. The van der Waals surface area contributed by atoms with Crippen LogP contribution in [0.15, 0.2) is 48.0 Å². The second kappa shape index (κ2) is 10.2. The standard InChI is InChI=1S/C25H25B3FN5O2S2/c1-3-20-23(34(25(26,27)28)24-31-21(15-37-24)17-4-7-19(29)8-5-17)33-14-18(6-9-22(33)30-20)16-10-12-32(13-11-16)38(2,35)36/h4-9,14-16H,3,10-13H2,1-2H3. The fourth-order valence-electron chi connectivity index (χ4n) is 4.89. The van der Waals surface area contributed by atoms with Crippen LogP contribution in [0, 0.1) is 5.82 Å². The third-order valence-corrected chi connectivity index (χ3v) is 8.97. The first kappa shape index (κ1) is 27.0. The zero-order chi connectivity index (χ0) is 27.2. The number of aryl methyl sites for hydroxylation is 1. The van der Waals surface area contributed by atoms with E-state index >= 15 is 0 Å². The number of benzene rings is 1. The van der Waals surface area contributed by atoms with Gasteiger partial charge in [0.1, 0.15) is 17.3 Å². The van der Waals surface area contributed by atoms with E-state index in [9.17, 15) is 12.8 Å². The van der Waals surface area contributed by atoms with Crippen molar-refractivity contribution in [2.75, 3.05) is 24.2 Å². The van der Waals surface area contributed by atoms with E-state index in [4.69, 9.17) is 33.5 Å². The first-order chi connectivity index (χ1) is 18.0. The second-order valence-corrected chi connectivity index (χ2v) is 12.4. The van der Waals surface area contributed by atoms with E-state index < -0.39 is 15.3 Å². The van der Waals surface area contributed by atoms with Crippen LogP contribution in [-0.4, -0.2) is 75.2 Å². The zero-order valence-electron chi connectivity index (χ0n) is 21.2. The maximum Gasteiger partial charge on any atom is 0.211 e. The van der Waals surface area contributed by atoms with Gasteiger partial charge in [-0.25, -0.2) is 27.1 Å². The number of aromatic nitrogens is 3. The number of hydrogen-bond acceptors (Lipinski definition) is 6. The largest absolute Gasteiger partial charge is 0.322 e. The first-order valence-corrected chi connectivity index (χ1v) is 15.0. The molecule has 5 rings (SSSR count). The number of imidazole rings is 1. The number of hydrogen-bond donors (Lipinski definition) is 0. The summed E-state index contributed by atoms with van der Waals surface area (Å²) in [5.41, 5.74) is 3.92. The van der Waals surface area contributed by atoms with Gasteiger partial charge in [0.25, 0.3) is 0 Å². The van der Waals surface area contributed by atoms with Gasteiger partial charge in [0.15, 0.2) is 5.13 Å². The van der Waals surface area contributed by atoms with Crippen LogP contribution in [0.3, 0.4) is 0 Å². The van der Waals surface area contributed by atoms with E-state index in [2.05, 4.69) is 0 Å². The van der Waals surface area contributed by atoms with Gasteiger partial charge in [-0.3, -0.25) is 4.40 Å². The lowest BCUT2D eigenvalue weighted by atomic mass is 9.48. The minimum Gasteiger partial charge on any atom is -0.322 e. The molecule has 13 heteroatoms. The average Bonchev–Trinajstić information content (AvgIpc) is 3.48. The highest BCUT2D eigenvalue weighted by molar-refractivity contribution is 7.88. The number of rotatable bonds is 7. The van der Waals surface area contributed by atoms with Crippen molar-refractivity contribution in [3.8, 4) is 11.3 Å². The van der Waals surface area contributed by atoms with Crippen molar-refractivity contribution in [1.29, 1.82) is 0 Å². The first-order valence-electron chi connectivity index (χ1n) is 12.3. The highest BCUT2D eigenvalue weighted by Gasteiger charge is 2.31. The topological polar surface area (TPSA) is 70.8 Å². The summed E-state index contributed by atoms with van der Waals surface area (Å²) in [4.78, 5) is 11.1. The van der Waals surface area contributed by atoms with Gasteiger partial charge >= 0.3 is 0 Å². The molecule has 190 valence electrons. The molecule has 6 radical (unpaired) electrons. The van der Waals surface area contributed by atoms with Crippen molar-refractivity contribution in [2.45, 2.75) is 37.3 Å². The molecule has 1 aliphatic rings. The van der Waals surface area contributed by atoms with Crippen LogP contribution in [-0.2, 0) is 16.4 Å². The Morgan fingerprint density at radius 3 is 2.39 bits per heavy atom. The van der Waals surface area contributed by atoms with E-state index in [1.54, 1.807) is 17.0 Å². The molecule has 1 aromatic carbocycles. The number of fused-ring (bicyclic) bond motifs is 1. The van der Waals surface area contributed by atoms with Crippen molar-refractivity contribution in [3.63, 3.8) is 0 Å².